The van der Waals surface area contributed by atoms with E-state index in [0.717, 1.165) is 114 Å². The molecule has 0 aliphatic heterocycles. The van der Waals surface area contributed by atoms with Crippen molar-refractivity contribution in [2.24, 2.45) is 23.7 Å². The fraction of sp³-hybridized carbons (Fsp3) is 0.950. The Hall–Kier alpha value is -1.94. The lowest BCUT2D eigenvalue weighted by atomic mass is 10.0. The summed E-state index contributed by atoms with van der Waals surface area (Å²) >= 11 is 0. The fourth-order valence-corrected chi connectivity index (χ4v) is 13.8. The number of esters is 4. The lowest BCUT2D eigenvalue weighted by molar-refractivity contribution is -0.161. The van der Waals surface area contributed by atoms with Gasteiger partial charge >= 0.3 is 39.5 Å². The molecule has 3 N–H and O–H groups in total. The maximum absolute atomic E-state index is 13.1. The van der Waals surface area contributed by atoms with E-state index in [9.17, 15) is 43.2 Å². The zero-order chi connectivity index (χ0) is 73.1. The molecule has 588 valence electrons. The van der Waals surface area contributed by atoms with Crippen LogP contribution in [0.3, 0.4) is 0 Å². The lowest BCUT2D eigenvalue weighted by Gasteiger charge is -2.21. The predicted molar refractivity (Wildman–Crippen MR) is 404 cm³/mol. The van der Waals surface area contributed by atoms with Crippen LogP contribution < -0.4 is 0 Å². The highest BCUT2D eigenvalue weighted by Gasteiger charge is 2.30. The summed E-state index contributed by atoms with van der Waals surface area (Å²) in [7, 11) is -9.92. The van der Waals surface area contributed by atoms with Crippen LogP contribution >= 0.6 is 15.6 Å². The molecule has 0 aliphatic carbocycles. The minimum absolute atomic E-state index is 0.106. The fourth-order valence-electron chi connectivity index (χ4n) is 12.3. The van der Waals surface area contributed by atoms with Crippen LogP contribution in [0.2, 0.25) is 0 Å². The number of unbranched alkanes of at least 4 members (excludes halogenated alkanes) is 43. The first-order valence-corrected chi connectivity index (χ1v) is 44.2. The summed E-state index contributed by atoms with van der Waals surface area (Å²) in [6.45, 7) is 14.2. The first-order chi connectivity index (χ1) is 47.6. The van der Waals surface area contributed by atoms with Crippen molar-refractivity contribution in [3.63, 3.8) is 0 Å². The van der Waals surface area contributed by atoms with Crippen LogP contribution in [0.4, 0.5) is 0 Å². The van der Waals surface area contributed by atoms with Gasteiger partial charge in [0.05, 0.1) is 26.4 Å². The molecule has 0 aromatic rings. The molecule has 0 spiro atoms. The first kappa shape index (κ1) is 97.1. The van der Waals surface area contributed by atoms with Crippen molar-refractivity contribution >= 4 is 39.5 Å². The number of ether oxygens (including phenoxy) is 4. The second-order valence-electron chi connectivity index (χ2n) is 30.7. The van der Waals surface area contributed by atoms with Gasteiger partial charge in [0, 0.05) is 25.7 Å². The molecular formula is C80H156O17P2. The maximum Gasteiger partial charge on any atom is 0.472 e. The van der Waals surface area contributed by atoms with Gasteiger partial charge in [-0.1, -0.05) is 357 Å². The Morgan fingerprint density at radius 1 is 0.253 bits per heavy atom. The summed E-state index contributed by atoms with van der Waals surface area (Å²) in [5, 5.41) is 10.6. The Bertz CT molecular complexity index is 1940. The monoisotopic (exact) mass is 1450 g/mol. The molecular weight excluding hydrogens is 1290 g/mol. The van der Waals surface area contributed by atoms with E-state index < -0.39 is 97.5 Å². The topological polar surface area (TPSA) is 237 Å². The standard InChI is InChI=1S/C80H156O17P2/c1-70(2)56-48-40-32-25-19-14-10-9-11-16-22-28-36-44-52-60-77(82)90-66-75(96-80(85)63-55-47-38-30-24-18-21-27-34-42-50-58-72(5)6)68-94-98(86,87)92-64-74(81)65-93-99(88,89)95-69-76(67-91-78(83)61-53-45-39-31-35-43-51-59-73(7)8)97-79(84)62-54-46-37-29-23-17-13-12-15-20-26-33-41-49-57-71(3)4/h70-76,81H,9-69H2,1-8H3,(H,86,87)(H,88,89)/t74?,75-,76-/m1/s1. The third kappa shape index (κ3) is 74.1. The Kier molecular flexibility index (Phi) is 67.8. The van der Waals surface area contributed by atoms with E-state index in [1.807, 2.05) is 0 Å². The summed E-state index contributed by atoms with van der Waals surface area (Å²) in [4.78, 5) is 73.0. The highest BCUT2D eigenvalue weighted by molar-refractivity contribution is 7.47. The molecule has 0 amide bonds. The van der Waals surface area contributed by atoms with E-state index in [2.05, 4.69) is 55.4 Å². The molecule has 0 saturated heterocycles. The summed E-state index contributed by atoms with van der Waals surface area (Å²) in [6, 6.07) is 0. The number of phosphoric acid groups is 2. The van der Waals surface area contributed by atoms with E-state index in [0.29, 0.717) is 31.6 Å². The van der Waals surface area contributed by atoms with Gasteiger partial charge in [0.15, 0.2) is 12.2 Å². The molecule has 99 heavy (non-hydrogen) atoms. The zero-order valence-electron chi connectivity index (χ0n) is 65.1. The number of carbonyl (C=O) groups is 4. The number of hydrogen-bond acceptors (Lipinski definition) is 15. The van der Waals surface area contributed by atoms with E-state index in [-0.39, 0.29) is 25.7 Å². The minimum atomic E-state index is -4.96. The smallest absolute Gasteiger partial charge is 0.462 e. The van der Waals surface area contributed by atoms with Gasteiger partial charge in [-0.3, -0.25) is 37.3 Å². The van der Waals surface area contributed by atoms with Crippen molar-refractivity contribution < 1.29 is 80.2 Å². The van der Waals surface area contributed by atoms with Gasteiger partial charge in [-0.15, -0.1) is 0 Å². The Morgan fingerprint density at radius 3 is 0.626 bits per heavy atom. The van der Waals surface area contributed by atoms with Crippen LogP contribution in [0.15, 0.2) is 0 Å². The summed E-state index contributed by atoms with van der Waals surface area (Å²) < 4.78 is 68.7. The van der Waals surface area contributed by atoms with Gasteiger partial charge in [-0.2, -0.15) is 0 Å². The second-order valence-corrected chi connectivity index (χ2v) is 33.6. The van der Waals surface area contributed by atoms with Crippen LogP contribution in [-0.4, -0.2) is 96.7 Å². The summed E-state index contributed by atoms with van der Waals surface area (Å²) in [5.74, 6) is 0.956. The molecule has 19 heteroatoms. The highest BCUT2D eigenvalue weighted by Crippen LogP contribution is 2.45. The number of aliphatic hydroxyl groups excluding tert-OH is 1. The van der Waals surface area contributed by atoms with E-state index in [1.165, 1.54) is 205 Å². The van der Waals surface area contributed by atoms with Crippen molar-refractivity contribution in [1.29, 1.82) is 0 Å². The molecule has 0 aromatic carbocycles. The maximum atomic E-state index is 13.1. The quantitative estimate of drug-likeness (QED) is 0.0222. The average Bonchev–Trinajstić information content (AvgIpc) is 1.04. The first-order valence-electron chi connectivity index (χ1n) is 41.2. The number of aliphatic hydroxyl groups is 1. The summed E-state index contributed by atoms with van der Waals surface area (Å²) in [6.07, 6.45) is 55.6. The summed E-state index contributed by atoms with van der Waals surface area (Å²) in [5.41, 5.74) is 0. The van der Waals surface area contributed by atoms with Gasteiger partial charge in [-0.05, 0) is 49.4 Å². The SMILES string of the molecule is CC(C)CCCCCCCCCCCCCCCCCC(=O)OC[C@H](COP(=O)(O)OCC(O)COP(=O)(O)OC[C@@H](COC(=O)CCCCCCCCCC(C)C)OC(=O)CCCCCCCCCCCCCCCCC(C)C)OC(=O)CCCCCCCCCCCCCC(C)C. The molecule has 0 saturated carbocycles. The van der Waals surface area contributed by atoms with Crippen molar-refractivity contribution in [3.05, 3.63) is 0 Å². The molecule has 0 aromatic heterocycles. The number of phosphoric ester groups is 2. The van der Waals surface area contributed by atoms with Gasteiger partial charge < -0.3 is 33.8 Å². The molecule has 5 atom stereocenters. The lowest BCUT2D eigenvalue weighted by Crippen LogP contribution is -2.30. The van der Waals surface area contributed by atoms with Gasteiger partial charge in [0.25, 0.3) is 0 Å². The largest absolute Gasteiger partial charge is 0.472 e. The van der Waals surface area contributed by atoms with Crippen LogP contribution in [0, 0.1) is 23.7 Å². The number of rotatable bonds is 77. The van der Waals surface area contributed by atoms with Gasteiger partial charge in [-0.25, -0.2) is 9.13 Å². The number of carbonyl (C=O) groups excluding carboxylic acids is 4. The number of hydrogen-bond donors (Lipinski definition) is 3. The highest BCUT2D eigenvalue weighted by atomic mass is 31.2. The molecule has 17 nitrogen and oxygen atoms in total. The predicted octanol–water partition coefficient (Wildman–Crippen LogP) is 23.6. The van der Waals surface area contributed by atoms with Crippen molar-refractivity contribution in [2.45, 2.75) is 427 Å². The molecule has 0 radical (unpaired) electrons. The average molecular weight is 1450 g/mol. The molecule has 0 heterocycles. The van der Waals surface area contributed by atoms with Crippen LogP contribution in [0.25, 0.3) is 0 Å². The third-order valence-electron chi connectivity index (χ3n) is 18.6. The Morgan fingerprint density at radius 2 is 0.424 bits per heavy atom. The molecule has 0 fully saturated rings. The Labute approximate surface area is 607 Å². The molecule has 0 aliphatic rings. The third-order valence-corrected chi connectivity index (χ3v) is 20.5. The molecule has 0 bridgehead atoms. The second kappa shape index (κ2) is 69.1. The van der Waals surface area contributed by atoms with Crippen LogP contribution in [0.1, 0.15) is 409 Å². The van der Waals surface area contributed by atoms with E-state index in [4.69, 9.17) is 37.0 Å². The zero-order valence-corrected chi connectivity index (χ0v) is 66.9. The Balaban J connectivity index is 5.23. The van der Waals surface area contributed by atoms with Crippen molar-refractivity contribution in [3.8, 4) is 0 Å². The van der Waals surface area contributed by atoms with E-state index >= 15 is 0 Å². The minimum Gasteiger partial charge on any atom is -0.462 e. The normalized spacial score (nSPS) is 14.1. The molecule has 0 rings (SSSR count). The van der Waals surface area contributed by atoms with E-state index in [1.54, 1.807) is 0 Å². The van der Waals surface area contributed by atoms with Gasteiger partial charge in [0.1, 0.15) is 19.3 Å². The van der Waals surface area contributed by atoms with Crippen LogP contribution in [-0.2, 0) is 65.4 Å². The van der Waals surface area contributed by atoms with Crippen molar-refractivity contribution in [2.75, 3.05) is 39.6 Å². The molecule has 3 unspecified atom stereocenters. The van der Waals surface area contributed by atoms with Crippen LogP contribution in [0.5, 0.6) is 0 Å². The van der Waals surface area contributed by atoms with Gasteiger partial charge in [0.2, 0.25) is 0 Å². The van der Waals surface area contributed by atoms with Crippen molar-refractivity contribution in [1.82, 2.24) is 0 Å².